The zero-order valence-corrected chi connectivity index (χ0v) is 14.7. The summed E-state index contributed by atoms with van der Waals surface area (Å²) < 4.78 is 0. The van der Waals surface area contributed by atoms with Crippen molar-refractivity contribution < 1.29 is 29.4 Å². The topological polar surface area (TPSA) is 149 Å². The van der Waals surface area contributed by atoms with Crippen LogP contribution >= 0.6 is 0 Å². The summed E-state index contributed by atoms with van der Waals surface area (Å²) >= 11 is 0. The van der Waals surface area contributed by atoms with Gasteiger partial charge in [0.15, 0.2) is 0 Å². The van der Waals surface area contributed by atoms with Crippen LogP contribution in [0.15, 0.2) is 30.5 Å². The Labute approximate surface area is 154 Å². The van der Waals surface area contributed by atoms with Gasteiger partial charge in [-0.05, 0) is 18.1 Å². The second kappa shape index (κ2) is 8.84. The molecule has 1 heterocycles. The monoisotopic (exact) mass is 375 g/mol. The van der Waals surface area contributed by atoms with Gasteiger partial charge in [-0.2, -0.15) is 0 Å². The number of rotatable bonds is 9. The van der Waals surface area contributed by atoms with Gasteiger partial charge < -0.3 is 25.8 Å². The number of nitrogens with one attached hydrogen (secondary N) is 3. The van der Waals surface area contributed by atoms with E-state index >= 15 is 0 Å². The maximum Gasteiger partial charge on any atom is 0.326 e. The summed E-state index contributed by atoms with van der Waals surface area (Å²) in [7, 11) is 0. The first-order valence-corrected chi connectivity index (χ1v) is 8.35. The van der Waals surface area contributed by atoms with E-state index < -0.39 is 35.8 Å². The number of aromatic nitrogens is 1. The molecule has 2 aromatic rings. The van der Waals surface area contributed by atoms with Crippen molar-refractivity contribution in [1.82, 2.24) is 15.6 Å². The Bertz CT molecular complexity index is 860. The van der Waals surface area contributed by atoms with Gasteiger partial charge in [0.2, 0.25) is 11.8 Å². The molecule has 0 saturated carbocycles. The molecular formula is C18H21N3O6. The molecule has 1 aromatic carbocycles. The zero-order chi connectivity index (χ0) is 20.0. The number of fused-ring (bicyclic) bond motifs is 1. The van der Waals surface area contributed by atoms with Crippen molar-refractivity contribution >= 4 is 34.7 Å². The lowest BCUT2D eigenvalue weighted by atomic mass is 10.0. The molecule has 0 bridgehead atoms. The minimum atomic E-state index is -1.26. The Balaban J connectivity index is 1.99. The van der Waals surface area contributed by atoms with Gasteiger partial charge in [0, 0.05) is 36.9 Å². The van der Waals surface area contributed by atoms with E-state index in [1.807, 2.05) is 24.3 Å². The molecule has 144 valence electrons. The van der Waals surface area contributed by atoms with Crippen molar-refractivity contribution in [3.8, 4) is 0 Å². The van der Waals surface area contributed by atoms with Gasteiger partial charge in [-0.3, -0.25) is 9.59 Å². The number of carboxylic acids is 2. The van der Waals surface area contributed by atoms with Gasteiger partial charge >= 0.3 is 11.9 Å². The molecule has 27 heavy (non-hydrogen) atoms. The molecule has 0 aliphatic heterocycles. The van der Waals surface area contributed by atoms with Crippen molar-refractivity contribution in [1.29, 1.82) is 0 Å². The fraction of sp³-hybridized carbons (Fsp3) is 0.333. The van der Waals surface area contributed by atoms with Crippen molar-refractivity contribution in [3.05, 3.63) is 36.0 Å². The number of hydrogen-bond donors (Lipinski definition) is 5. The predicted molar refractivity (Wildman–Crippen MR) is 96.0 cm³/mol. The summed E-state index contributed by atoms with van der Waals surface area (Å²) in [6.45, 7) is 1.18. The third kappa shape index (κ3) is 5.56. The average molecular weight is 375 g/mol. The molecule has 0 saturated heterocycles. The Morgan fingerprint density at radius 3 is 2.33 bits per heavy atom. The second-order valence-electron chi connectivity index (χ2n) is 6.15. The number of aliphatic carboxylic acids is 2. The number of para-hydroxylation sites is 1. The molecule has 9 nitrogen and oxygen atoms in total. The molecule has 0 aliphatic carbocycles. The summed E-state index contributed by atoms with van der Waals surface area (Å²) in [6, 6.07) is 5.05. The van der Waals surface area contributed by atoms with Gasteiger partial charge in [-0.15, -0.1) is 0 Å². The lowest BCUT2D eigenvalue weighted by Gasteiger charge is -2.16. The van der Waals surface area contributed by atoms with Crippen LogP contribution in [-0.2, 0) is 25.6 Å². The van der Waals surface area contributed by atoms with E-state index in [9.17, 15) is 24.3 Å². The van der Waals surface area contributed by atoms with Crippen LogP contribution < -0.4 is 10.6 Å². The molecule has 9 heteroatoms. The van der Waals surface area contributed by atoms with Crippen LogP contribution in [0, 0.1) is 0 Å². The van der Waals surface area contributed by atoms with Gasteiger partial charge in [0.05, 0.1) is 0 Å². The van der Waals surface area contributed by atoms with Gasteiger partial charge in [0.25, 0.3) is 0 Å². The molecule has 1 aromatic heterocycles. The number of H-pyrrole nitrogens is 1. The summed E-state index contributed by atoms with van der Waals surface area (Å²) in [4.78, 5) is 48.7. The highest BCUT2D eigenvalue weighted by Gasteiger charge is 2.24. The lowest BCUT2D eigenvalue weighted by molar-refractivity contribution is -0.143. The summed E-state index contributed by atoms with van der Waals surface area (Å²) in [5.74, 6) is -3.57. The first-order valence-electron chi connectivity index (χ1n) is 8.35. The van der Waals surface area contributed by atoms with E-state index in [4.69, 9.17) is 5.11 Å². The molecule has 2 atom stereocenters. The lowest BCUT2D eigenvalue weighted by Crippen LogP contribution is -2.44. The molecular weight excluding hydrogens is 354 g/mol. The normalized spacial score (nSPS) is 12.9. The van der Waals surface area contributed by atoms with E-state index in [1.165, 1.54) is 6.92 Å². The Morgan fingerprint density at radius 1 is 1.04 bits per heavy atom. The van der Waals surface area contributed by atoms with E-state index in [0.717, 1.165) is 16.5 Å². The van der Waals surface area contributed by atoms with Crippen molar-refractivity contribution in [3.63, 3.8) is 0 Å². The first kappa shape index (κ1) is 20.0. The van der Waals surface area contributed by atoms with E-state index in [2.05, 4.69) is 15.6 Å². The van der Waals surface area contributed by atoms with Crippen LogP contribution in [0.4, 0.5) is 0 Å². The molecule has 0 aliphatic rings. The second-order valence-corrected chi connectivity index (χ2v) is 6.15. The maximum absolute atomic E-state index is 12.1. The highest BCUT2D eigenvalue weighted by atomic mass is 16.4. The highest BCUT2D eigenvalue weighted by molar-refractivity contribution is 5.87. The molecule has 0 fully saturated rings. The van der Waals surface area contributed by atoms with Crippen LogP contribution in [0.25, 0.3) is 10.9 Å². The summed E-state index contributed by atoms with van der Waals surface area (Å²) in [5.41, 5.74) is 1.61. The Morgan fingerprint density at radius 2 is 1.70 bits per heavy atom. The maximum atomic E-state index is 12.1. The number of carboxylic acid groups (broad SMARTS) is 2. The van der Waals surface area contributed by atoms with Crippen LogP contribution in [-0.4, -0.2) is 51.0 Å². The number of amides is 2. The molecule has 2 amide bonds. The molecule has 0 radical (unpaired) electrons. The largest absolute Gasteiger partial charge is 0.480 e. The molecule has 0 spiro atoms. The zero-order valence-electron chi connectivity index (χ0n) is 14.7. The van der Waals surface area contributed by atoms with Crippen LogP contribution in [0.3, 0.4) is 0 Å². The molecule has 2 rings (SSSR count). The van der Waals surface area contributed by atoms with Gasteiger partial charge in [-0.1, -0.05) is 18.2 Å². The van der Waals surface area contributed by atoms with Crippen molar-refractivity contribution in [2.24, 2.45) is 0 Å². The summed E-state index contributed by atoms with van der Waals surface area (Å²) in [5, 5.41) is 23.9. The third-order valence-corrected chi connectivity index (χ3v) is 4.07. The highest BCUT2D eigenvalue weighted by Crippen LogP contribution is 2.19. The van der Waals surface area contributed by atoms with Crippen molar-refractivity contribution in [2.75, 3.05) is 0 Å². The standard InChI is InChI=1S/C18H21N3O6/c1-10(22)20-14(17(24)25)6-7-16(23)21-15(18(26)27)8-11-9-19-13-5-3-2-4-12(11)13/h2-5,9,14-15,19H,6-8H2,1H3,(H,20,22)(H,21,23)(H,24,25)(H,26,27)/t14-,15+/m1/s1. The van der Waals surface area contributed by atoms with Gasteiger partial charge in [0.1, 0.15) is 12.1 Å². The number of carbonyl (C=O) groups is 4. The Kier molecular flexibility index (Phi) is 6.53. The third-order valence-electron chi connectivity index (χ3n) is 4.07. The average Bonchev–Trinajstić information content (AvgIpc) is 3.00. The Hall–Kier alpha value is -3.36. The van der Waals surface area contributed by atoms with Crippen molar-refractivity contribution in [2.45, 2.75) is 38.3 Å². The minimum Gasteiger partial charge on any atom is -0.480 e. The number of hydrogen-bond acceptors (Lipinski definition) is 4. The van der Waals surface area contributed by atoms with E-state index in [0.29, 0.717) is 0 Å². The number of benzene rings is 1. The minimum absolute atomic E-state index is 0.0825. The SMILES string of the molecule is CC(=O)N[C@H](CCC(=O)N[C@@H](Cc1c[nH]c2ccccc12)C(=O)O)C(=O)O. The quantitative estimate of drug-likeness (QED) is 0.434. The van der Waals surface area contributed by atoms with Crippen LogP contribution in [0.5, 0.6) is 0 Å². The van der Waals surface area contributed by atoms with E-state index in [-0.39, 0.29) is 19.3 Å². The van der Waals surface area contributed by atoms with Gasteiger partial charge in [-0.25, -0.2) is 9.59 Å². The fourth-order valence-corrected chi connectivity index (χ4v) is 2.77. The van der Waals surface area contributed by atoms with E-state index in [1.54, 1.807) is 6.20 Å². The molecule has 5 N–H and O–H groups in total. The van der Waals surface area contributed by atoms with Crippen LogP contribution in [0.1, 0.15) is 25.3 Å². The number of aromatic amines is 1. The smallest absolute Gasteiger partial charge is 0.326 e. The van der Waals surface area contributed by atoms with Crippen LogP contribution in [0.2, 0.25) is 0 Å². The predicted octanol–water partition coefficient (Wildman–Crippen LogP) is 0.649. The molecule has 0 unspecified atom stereocenters. The first-order chi connectivity index (χ1) is 12.8. The summed E-state index contributed by atoms with van der Waals surface area (Å²) in [6.07, 6.45) is 1.41. The number of carbonyl (C=O) groups excluding carboxylic acids is 2. The fourth-order valence-electron chi connectivity index (χ4n) is 2.77.